The van der Waals surface area contributed by atoms with Crippen LogP contribution in [-0.2, 0) is 9.59 Å². The molecular weight excluding hydrogens is 218 g/mol. The van der Waals surface area contributed by atoms with Crippen LogP contribution in [0.3, 0.4) is 0 Å². The van der Waals surface area contributed by atoms with E-state index in [0.717, 1.165) is 12.8 Å². The Balaban J connectivity index is 2.25. The summed E-state index contributed by atoms with van der Waals surface area (Å²) >= 11 is 0. The molecule has 4 heteroatoms. The van der Waals surface area contributed by atoms with Crippen LogP contribution < -0.4 is 0 Å². The van der Waals surface area contributed by atoms with Gasteiger partial charge in [0, 0.05) is 11.6 Å². The molecule has 2 rings (SSSR count). The number of amides is 2. The smallest absolute Gasteiger partial charge is 0.257 e. The maximum absolute atomic E-state index is 12.0. The average Bonchev–Trinajstić information content (AvgIpc) is 2.56. The van der Waals surface area contributed by atoms with Gasteiger partial charge in [-0.05, 0) is 38.5 Å². The van der Waals surface area contributed by atoms with Gasteiger partial charge in [-0.25, -0.2) is 0 Å². The number of carbonyl (C=O) groups excluding carboxylic acids is 2. The van der Waals surface area contributed by atoms with Gasteiger partial charge in [-0.2, -0.15) is 0 Å². The second kappa shape index (κ2) is 4.26. The fourth-order valence-electron chi connectivity index (χ4n) is 2.79. The number of nitrogens with zero attached hydrogens (tertiary/aromatic N) is 1. The third-order valence-electron chi connectivity index (χ3n) is 4.07. The Bertz CT molecular complexity index is 378. The van der Waals surface area contributed by atoms with Gasteiger partial charge in [-0.3, -0.25) is 14.5 Å². The van der Waals surface area contributed by atoms with Crippen molar-refractivity contribution in [3.8, 4) is 0 Å². The molecule has 0 atom stereocenters. The molecule has 0 bridgehead atoms. The summed E-state index contributed by atoms with van der Waals surface area (Å²) in [7, 11) is 0. The minimum atomic E-state index is -0.658. The average molecular weight is 237 g/mol. The van der Waals surface area contributed by atoms with Crippen LogP contribution in [0.15, 0.2) is 11.6 Å². The number of hydrogen-bond acceptors (Lipinski definition) is 3. The van der Waals surface area contributed by atoms with Crippen LogP contribution in [0.4, 0.5) is 0 Å². The lowest BCUT2D eigenvalue weighted by Crippen LogP contribution is -2.56. The fourth-order valence-corrected chi connectivity index (χ4v) is 2.79. The van der Waals surface area contributed by atoms with Crippen LogP contribution >= 0.6 is 0 Å². The Labute approximate surface area is 101 Å². The SMILES string of the molecule is CC1=CC(=O)N(C2(CO)CCC(C)CC2)C1=O. The molecule has 94 valence electrons. The van der Waals surface area contributed by atoms with Gasteiger partial charge in [0.05, 0.1) is 12.1 Å². The molecule has 1 saturated carbocycles. The Kier molecular flexibility index (Phi) is 3.08. The van der Waals surface area contributed by atoms with Gasteiger partial charge < -0.3 is 5.11 Å². The monoisotopic (exact) mass is 237 g/mol. The Morgan fingerprint density at radius 2 is 2.00 bits per heavy atom. The van der Waals surface area contributed by atoms with E-state index in [9.17, 15) is 14.7 Å². The van der Waals surface area contributed by atoms with Crippen molar-refractivity contribution >= 4 is 11.8 Å². The summed E-state index contributed by atoms with van der Waals surface area (Å²) in [4.78, 5) is 25.1. The number of aliphatic hydroxyl groups excluding tert-OH is 1. The number of aliphatic hydroxyl groups is 1. The quantitative estimate of drug-likeness (QED) is 0.735. The zero-order chi connectivity index (χ0) is 12.6. The molecule has 1 aliphatic carbocycles. The summed E-state index contributed by atoms with van der Waals surface area (Å²) in [5.74, 6) is 0.103. The maximum Gasteiger partial charge on any atom is 0.257 e. The van der Waals surface area contributed by atoms with E-state index in [2.05, 4.69) is 6.92 Å². The lowest BCUT2D eigenvalue weighted by atomic mass is 9.76. The molecule has 0 aromatic heterocycles. The Morgan fingerprint density at radius 3 is 2.41 bits per heavy atom. The van der Waals surface area contributed by atoms with Gasteiger partial charge in [-0.15, -0.1) is 0 Å². The Hall–Kier alpha value is -1.16. The minimum Gasteiger partial charge on any atom is -0.394 e. The van der Waals surface area contributed by atoms with Crippen molar-refractivity contribution in [3.05, 3.63) is 11.6 Å². The van der Waals surface area contributed by atoms with Crippen molar-refractivity contribution in [3.63, 3.8) is 0 Å². The van der Waals surface area contributed by atoms with Crippen LogP contribution in [0, 0.1) is 5.92 Å². The molecule has 4 nitrogen and oxygen atoms in total. The van der Waals surface area contributed by atoms with Gasteiger partial charge in [0.15, 0.2) is 0 Å². The molecule has 1 aliphatic heterocycles. The first-order valence-electron chi connectivity index (χ1n) is 6.18. The number of carbonyl (C=O) groups is 2. The van der Waals surface area contributed by atoms with Crippen molar-refractivity contribution in [1.82, 2.24) is 4.90 Å². The van der Waals surface area contributed by atoms with Gasteiger partial charge in [-0.1, -0.05) is 6.92 Å². The molecule has 1 N–H and O–H groups in total. The van der Waals surface area contributed by atoms with E-state index in [-0.39, 0.29) is 18.4 Å². The van der Waals surface area contributed by atoms with Crippen molar-refractivity contribution in [2.24, 2.45) is 5.92 Å². The molecule has 0 radical (unpaired) electrons. The van der Waals surface area contributed by atoms with Crippen molar-refractivity contribution in [1.29, 1.82) is 0 Å². The molecule has 17 heavy (non-hydrogen) atoms. The van der Waals surface area contributed by atoms with Gasteiger partial charge >= 0.3 is 0 Å². The first-order valence-corrected chi connectivity index (χ1v) is 6.18. The highest BCUT2D eigenvalue weighted by molar-refractivity contribution is 6.16. The van der Waals surface area contributed by atoms with Crippen molar-refractivity contribution in [2.75, 3.05) is 6.61 Å². The van der Waals surface area contributed by atoms with Crippen molar-refractivity contribution in [2.45, 2.75) is 45.1 Å². The summed E-state index contributed by atoms with van der Waals surface area (Å²) in [5.41, 5.74) is -0.184. The highest BCUT2D eigenvalue weighted by Crippen LogP contribution is 2.38. The number of hydrogen-bond donors (Lipinski definition) is 1. The standard InChI is InChI=1S/C13H19NO3/c1-9-3-5-13(8-15,6-4-9)14-11(16)7-10(2)12(14)17/h7,9,15H,3-6,8H2,1-2H3. The van der Waals surface area contributed by atoms with Crippen LogP contribution in [0.5, 0.6) is 0 Å². The largest absolute Gasteiger partial charge is 0.394 e. The predicted molar refractivity (Wildman–Crippen MR) is 63.1 cm³/mol. The molecular formula is C13H19NO3. The highest BCUT2D eigenvalue weighted by atomic mass is 16.3. The van der Waals surface area contributed by atoms with Gasteiger partial charge in [0.25, 0.3) is 11.8 Å². The fraction of sp³-hybridized carbons (Fsp3) is 0.692. The number of imide groups is 1. The second-order valence-corrected chi connectivity index (χ2v) is 5.37. The third-order valence-corrected chi connectivity index (χ3v) is 4.07. The van der Waals surface area contributed by atoms with Crippen molar-refractivity contribution < 1.29 is 14.7 Å². The lowest BCUT2D eigenvalue weighted by Gasteiger charge is -2.43. The molecule has 2 aliphatic rings. The summed E-state index contributed by atoms with van der Waals surface area (Å²) in [5, 5.41) is 9.64. The minimum absolute atomic E-state index is 0.127. The zero-order valence-corrected chi connectivity index (χ0v) is 10.4. The first-order chi connectivity index (χ1) is 8.00. The van der Waals surface area contributed by atoms with E-state index in [1.165, 1.54) is 11.0 Å². The topological polar surface area (TPSA) is 57.6 Å². The van der Waals surface area contributed by atoms with E-state index >= 15 is 0 Å². The van der Waals surface area contributed by atoms with E-state index in [1.54, 1.807) is 6.92 Å². The summed E-state index contributed by atoms with van der Waals surface area (Å²) < 4.78 is 0. The molecule has 0 saturated heterocycles. The number of rotatable bonds is 2. The van der Waals surface area contributed by atoms with E-state index in [1.807, 2.05) is 0 Å². The van der Waals surface area contributed by atoms with Crippen LogP contribution in [0.2, 0.25) is 0 Å². The second-order valence-electron chi connectivity index (χ2n) is 5.37. The summed E-state index contributed by atoms with van der Waals surface area (Å²) in [6.45, 7) is 3.69. The molecule has 0 aromatic rings. The zero-order valence-electron chi connectivity index (χ0n) is 10.4. The molecule has 1 heterocycles. The van der Waals surface area contributed by atoms with E-state index in [4.69, 9.17) is 0 Å². The predicted octanol–water partition coefficient (Wildman–Crippen LogP) is 1.24. The molecule has 2 amide bonds. The molecule has 0 aromatic carbocycles. The van der Waals surface area contributed by atoms with Crippen LogP contribution in [-0.4, -0.2) is 34.0 Å². The highest BCUT2D eigenvalue weighted by Gasteiger charge is 2.46. The maximum atomic E-state index is 12.0. The normalized spacial score (nSPS) is 34.2. The van der Waals surface area contributed by atoms with E-state index in [0.29, 0.717) is 24.3 Å². The summed E-state index contributed by atoms with van der Waals surface area (Å²) in [6.07, 6.45) is 4.71. The summed E-state index contributed by atoms with van der Waals surface area (Å²) in [6, 6.07) is 0. The van der Waals surface area contributed by atoms with Gasteiger partial charge in [0.1, 0.15) is 0 Å². The Morgan fingerprint density at radius 1 is 1.41 bits per heavy atom. The first kappa shape index (κ1) is 12.3. The molecule has 0 unspecified atom stereocenters. The van der Waals surface area contributed by atoms with Gasteiger partial charge in [0.2, 0.25) is 0 Å². The van der Waals surface area contributed by atoms with Crippen LogP contribution in [0.1, 0.15) is 39.5 Å². The third kappa shape index (κ3) is 1.90. The van der Waals surface area contributed by atoms with Crippen LogP contribution in [0.25, 0.3) is 0 Å². The molecule has 1 fully saturated rings. The van der Waals surface area contributed by atoms with E-state index < -0.39 is 5.54 Å². The molecule has 0 spiro atoms. The lowest BCUT2D eigenvalue weighted by molar-refractivity contribution is -0.149.